The molecule has 5 nitrogen and oxygen atoms in total. The number of likely N-dealkylation sites (tertiary alicyclic amines) is 1. The van der Waals surface area contributed by atoms with E-state index in [0.717, 1.165) is 31.2 Å². The number of ether oxygens (including phenoxy) is 1. The van der Waals surface area contributed by atoms with E-state index in [1.807, 2.05) is 19.2 Å². The van der Waals surface area contributed by atoms with Crippen LogP contribution in [-0.4, -0.2) is 57.7 Å². The maximum Gasteiger partial charge on any atom is 0.190 e. The van der Waals surface area contributed by atoms with Crippen LogP contribution in [0, 0.1) is 0 Å². The van der Waals surface area contributed by atoms with Gasteiger partial charge in [0, 0.05) is 26.1 Å². The van der Waals surface area contributed by atoms with Gasteiger partial charge in [-0.15, -0.1) is 24.0 Å². The summed E-state index contributed by atoms with van der Waals surface area (Å²) in [5, 5.41) is 6.88. The van der Waals surface area contributed by atoms with E-state index >= 15 is 0 Å². The van der Waals surface area contributed by atoms with E-state index in [0.29, 0.717) is 5.92 Å². The van der Waals surface area contributed by atoms with Crippen molar-refractivity contribution in [2.24, 2.45) is 4.99 Å². The highest BCUT2D eigenvalue weighted by atomic mass is 127. The van der Waals surface area contributed by atoms with Crippen molar-refractivity contribution in [3.8, 4) is 5.75 Å². The Morgan fingerprint density at radius 3 is 2.52 bits per heavy atom. The Morgan fingerprint density at radius 1 is 1.15 bits per heavy atom. The van der Waals surface area contributed by atoms with Gasteiger partial charge in [-0.2, -0.15) is 0 Å². The number of hydrogen-bond donors (Lipinski definition) is 2. The molecule has 1 aromatic rings. The first-order valence-corrected chi connectivity index (χ1v) is 10.0. The lowest BCUT2D eigenvalue weighted by molar-refractivity contribution is 0.282. The predicted octanol–water partition coefficient (Wildman–Crippen LogP) is 3.85. The summed E-state index contributed by atoms with van der Waals surface area (Å²) in [5.41, 5.74) is 1.22. The molecule has 1 fully saturated rings. The Bertz CT molecular complexity index is 545. The van der Waals surface area contributed by atoms with Crippen LogP contribution >= 0.6 is 24.0 Å². The second-order valence-corrected chi connectivity index (χ2v) is 7.13. The van der Waals surface area contributed by atoms with E-state index in [1.54, 1.807) is 7.11 Å². The lowest BCUT2D eigenvalue weighted by Gasteiger charge is -2.21. The summed E-state index contributed by atoms with van der Waals surface area (Å²) in [6.45, 7) is 7.71. The summed E-state index contributed by atoms with van der Waals surface area (Å²) in [6, 6.07) is 8.21. The average Bonchev–Trinajstić information content (AvgIpc) is 2.96. The van der Waals surface area contributed by atoms with Crippen LogP contribution in [0.5, 0.6) is 5.75 Å². The number of para-hydroxylation sites is 1. The Morgan fingerprint density at radius 2 is 1.85 bits per heavy atom. The van der Waals surface area contributed by atoms with Gasteiger partial charge in [0.25, 0.3) is 0 Å². The lowest BCUT2D eigenvalue weighted by Crippen LogP contribution is -2.40. The molecule has 0 spiro atoms. The van der Waals surface area contributed by atoms with E-state index in [-0.39, 0.29) is 24.0 Å². The zero-order chi connectivity index (χ0) is 18.6. The first-order chi connectivity index (χ1) is 12.7. The molecule has 1 atom stereocenters. The molecule has 0 bridgehead atoms. The molecule has 27 heavy (non-hydrogen) atoms. The van der Waals surface area contributed by atoms with Gasteiger partial charge in [0.15, 0.2) is 5.96 Å². The molecule has 1 aliphatic heterocycles. The number of nitrogens with zero attached hydrogens (tertiary/aromatic N) is 2. The second-order valence-electron chi connectivity index (χ2n) is 7.13. The molecule has 0 radical (unpaired) electrons. The maximum absolute atomic E-state index is 5.47. The number of rotatable bonds is 8. The van der Waals surface area contributed by atoms with Crippen LogP contribution in [0.4, 0.5) is 0 Å². The number of halogens is 1. The fourth-order valence-corrected chi connectivity index (χ4v) is 3.52. The predicted molar refractivity (Wildman–Crippen MR) is 126 cm³/mol. The zero-order valence-electron chi connectivity index (χ0n) is 17.2. The summed E-state index contributed by atoms with van der Waals surface area (Å²) in [5.74, 6) is 2.17. The topological polar surface area (TPSA) is 48.9 Å². The van der Waals surface area contributed by atoms with E-state index in [1.165, 1.54) is 50.9 Å². The highest BCUT2D eigenvalue weighted by Crippen LogP contribution is 2.25. The minimum Gasteiger partial charge on any atom is -0.496 e. The molecule has 2 N–H and O–H groups in total. The number of hydrogen-bond acceptors (Lipinski definition) is 3. The molecule has 0 amide bonds. The number of nitrogens with one attached hydrogen (secondary N) is 2. The molecule has 0 aliphatic carbocycles. The highest BCUT2D eigenvalue weighted by molar-refractivity contribution is 14.0. The number of aliphatic imine (C=N–C) groups is 1. The highest BCUT2D eigenvalue weighted by Gasteiger charge is 2.12. The van der Waals surface area contributed by atoms with Gasteiger partial charge in [0.05, 0.1) is 7.11 Å². The van der Waals surface area contributed by atoms with Crippen molar-refractivity contribution < 1.29 is 4.74 Å². The van der Waals surface area contributed by atoms with Gasteiger partial charge in [-0.25, -0.2) is 0 Å². The van der Waals surface area contributed by atoms with E-state index in [4.69, 9.17) is 4.74 Å². The van der Waals surface area contributed by atoms with Crippen molar-refractivity contribution in [2.45, 2.75) is 44.9 Å². The van der Waals surface area contributed by atoms with Crippen molar-refractivity contribution >= 4 is 29.9 Å². The quantitative estimate of drug-likeness (QED) is 0.253. The van der Waals surface area contributed by atoms with Gasteiger partial charge < -0.3 is 20.3 Å². The summed E-state index contributed by atoms with van der Waals surface area (Å²) in [4.78, 5) is 6.95. The standard InChI is InChI=1S/C21H36N4O.HI/c1-18(19-11-6-7-12-20(19)26-3)17-24-21(22-2)23-13-10-16-25-14-8-4-5-9-15-25;/h6-7,11-12,18H,4-5,8-10,13-17H2,1-3H3,(H2,22,23,24);1H. The van der Waals surface area contributed by atoms with Gasteiger partial charge >= 0.3 is 0 Å². The molecular weight excluding hydrogens is 451 g/mol. The van der Waals surface area contributed by atoms with Crippen LogP contribution < -0.4 is 15.4 Å². The summed E-state index contributed by atoms with van der Waals surface area (Å²) in [7, 11) is 3.56. The minimum atomic E-state index is 0. The molecule has 0 aromatic heterocycles. The molecule has 1 unspecified atom stereocenters. The van der Waals surface area contributed by atoms with E-state index < -0.39 is 0 Å². The molecule has 154 valence electrons. The Kier molecular flexibility index (Phi) is 12.5. The van der Waals surface area contributed by atoms with E-state index in [2.05, 4.69) is 39.6 Å². The Hall–Kier alpha value is -1.02. The molecule has 1 aromatic carbocycles. The third kappa shape index (κ3) is 8.68. The SMILES string of the molecule is CN=C(NCCCN1CCCCCC1)NCC(C)c1ccccc1OC.I. The first kappa shape index (κ1) is 24.0. The number of guanidine groups is 1. The average molecular weight is 488 g/mol. The van der Waals surface area contributed by atoms with E-state index in [9.17, 15) is 0 Å². The Labute approximate surface area is 182 Å². The monoisotopic (exact) mass is 488 g/mol. The van der Waals surface area contributed by atoms with Crippen molar-refractivity contribution in [1.29, 1.82) is 0 Å². The zero-order valence-corrected chi connectivity index (χ0v) is 19.5. The number of benzene rings is 1. The molecule has 6 heteroatoms. The number of methoxy groups -OCH3 is 1. The lowest BCUT2D eigenvalue weighted by atomic mass is 10.0. The van der Waals surface area contributed by atoms with Crippen LogP contribution in [0.3, 0.4) is 0 Å². The van der Waals surface area contributed by atoms with Crippen LogP contribution in [-0.2, 0) is 0 Å². The van der Waals surface area contributed by atoms with Gasteiger partial charge in [-0.3, -0.25) is 4.99 Å². The van der Waals surface area contributed by atoms with Crippen LogP contribution in [0.15, 0.2) is 29.3 Å². The third-order valence-corrected chi connectivity index (χ3v) is 5.11. The maximum atomic E-state index is 5.47. The molecule has 1 saturated heterocycles. The fourth-order valence-electron chi connectivity index (χ4n) is 3.52. The van der Waals surface area contributed by atoms with Gasteiger partial charge in [0.1, 0.15) is 5.75 Å². The molecular formula is C21H37IN4O. The van der Waals surface area contributed by atoms with Crippen molar-refractivity contribution in [3.05, 3.63) is 29.8 Å². The summed E-state index contributed by atoms with van der Waals surface area (Å²) < 4.78 is 5.47. The Balaban J connectivity index is 0.00000364. The first-order valence-electron chi connectivity index (χ1n) is 10.0. The second kappa shape index (κ2) is 14.0. The minimum absolute atomic E-state index is 0. The molecule has 1 aliphatic rings. The summed E-state index contributed by atoms with van der Waals surface area (Å²) in [6.07, 6.45) is 6.67. The van der Waals surface area contributed by atoms with Crippen molar-refractivity contribution in [2.75, 3.05) is 46.9 Å². The van der Waals surface area contributed by atoms with Gasteiger partial charge in [-0.1, -0.05) is 38.0 Å². The summed E-state index contributed by atoms with van der Waals surface area (Å²) >= 11 is 0. The molecule has 1 heterocycles. The normalized spacial score (nSPS) is 16.8. The van der Waals surface area contributed by atoms with Crippen LogP contribution in [0.1, 0.15) is 50.5 Å². The fraction of sp³-hybridized carbons (Fsp3) is 0.667. The smallest absolute Gasteiger partial charge is 0.190 e. The largest absolute Gasteiger partial charge is 0.496 e. The van der Waals surface area contributed by atoms with Crippen molar-refractivity contribution in [3.63, 3.8) is 0 Å². The van der Waals surface area contributed by atoms with Crippen molar-refractivity contribution in [1.82, 2.24) is 15.5 Å². The van der Waals surface area contributed by atoms with Gasteiger partial charge in [-0.05, 0) is 50.5 Å². The molecule has 0 saturated carbocycles. The molecule has 2 rings (SSSR count). The van der Waals surface area contributed by atoms with Gasteiger partial charge in [0.2, 0.25) is 0 Å². The third-order valence-electron chi connectivity index (χ3n) is 5.11. The van der Waals surface area contributed by atoms with Crippen LogP contribution in [0.2, 0.25) is 0 Å². The van der Waals surface area contributed by atoms with Crippen LogP contribution in [0.25, 0.3) is 0 Å².